The fourth-order valence-corrected chi connectivity index (χ4v) is 3.13. The van der Waals surface area contributed by atoms with E-state index in [4.69, 9.17) is 11.6 Å². The number of hydrogen-bond donors (Lipinski definition) is 1. The molecule has 0 saturated carbocycles. The molecule has 1 aliphatic rings. The van der Waals surface area contributed by atoms with Gasteiger partial charge in [-0.05, 0) is 54.2 Å². The quantitative estimate of drug-likeness (QED) is 0.804. The van der Waals surface area contributed by atoms with Crippen LogP contribution in [0.3, 0.4) is 0 Å². The van der Waals surface area contributed by atoms with Crippen LogP contribution in [0.15, 0.2) is 42.5 Å². The average molecular weight is 342 g/mol. The lowest BCUT2D eigenvalue weighted by Crippen LogP contribution is -2.23. The van der Waals surface area contributed by atoms with E-state index in [0.717, 1.165) is 24.0 Å². The maximum Gasteiger partial charge on any atom is 0.220 e. The van der Waals surface area contributed by atoms with Crippen molar-refractivity contribution >= 4 is 23.3 Å². The van der Waals surface area contributed by atoms with Crippen molar-refractivity contribution in [3.8, 4) is 0 Å². The number of halogens is 1. The molecule has 0 fully saturated rings. The number of carbonyl (C=O) groups excluding carboxylic acids is 2. The van der Waals surface area contributed by atoms with Crippen LogP contribution < -0.4 is 5.32 Å². The molecule has 3 rings (SSSR count). The highest BCUT2D eigenvalue weighted by molar-refractivity contribution is 6.30. The van der Waals surface area contributed by atoms with Gasteiger partial charge in [-0.1, -0.05) is 35.9 Å². The van der Waals surface area contributed by atoms with Gasteiger partial charge in [-0.15, -0.1) is 0 Å². The maximum atomic E-state index is 12.3. The monoisotopic (exact) mass is 341 g/mol. The summed E-state index contributed by atoms with van der Waals surface area (Å²) in [5, 5.41) is 3.50. The van der Waals surface area contributed by atoms with Gasteiger partial charge in [0.1, 0.15) is 0 Å². The SMILES string of the molecule is O=C(CCC(=O)c1ccc2c(c1)CCC2)NCc1ccc(Cl)cc1. The number of rotatable bonds is 6. The second kappa shape index (κ2) is 7.63. The Labute approximate surface area is 147 Å². The fourth-order valence-electron chi connectivity index (χ4n) is 3.01. The van der Waals surface area contributed by atoms with Crippen molar-refractivity contribution in [3.05, 3.63) is 69.7 Å². The molecule has 1 amide bonds. The third-order valence-corrected chi connectivity index (χ3v) is 4.65. The predicted octanol–water partition coefficient (Wildman–Crippen LogP) is 4.11. The summed E-state index contributed by atoms with van der Waals surface area (Å²) in [7, 11) is 0. The number of benzene rings is 2. The lowest BCUT2D eigenvalue weighted by molar-refractivity contribution is -0.121. The zero-order valence-electron chi connectivity index (χ0n) is 13.5. The van der Waals surface area contributed by atoms with Crippen molar-refractivity contribution in [2.75, 3.05) is 0 Å². The van der Waals surface area contributed by atoms with Gasteiger partial charge in [0.25, 0.3) is 0 Å². The molecule has 124 valence electrons. The van der Waals surface area contributed by atoms with Crippen LogP contribution in [0, 0.1) is 0 Å². The predicted molar refractivity (Wildman–Crippen MR) is 95.3 cm³/mol. The lowest BCUT2D eigenvalue weighted by Gasteiger charge is -2.06. The molecule has 0 saturated heterocycles. The minimum Gasteiger partial charge on any atom is -0.352 e. The van der Waals surface area contributed by atoms with Crippen LogP contribution >= 0.6 is 11.6 Å². The topological polar surface area (TPSA) is 46.2 Å². The molecule has 0 spiro atoms. The van der Waals surface area contributed by atoms with Crippen molar-refractivity contribution in [1.82, 2.24) is 5.32 Å². The third kappa shape index (κ3) is 4.24. The van der Waals surface area contributed by atoms with Gasteiger partial charge < -0.3 is 5.32 Å². The van der Waals surface area contributed by atoms with Crippen molar-refractivity contribution in [3.63, 3.8) is 0 Å². The van der Waals surface area contributed by atoms with E-state index in [0.29, 0.717) is 11.6 Å². The van der Waals surface area contributed by atoms with Gasteiger partial charge in [-0.25, -0.2) is 0 Å². The van der Waals surface area contributed by atoms with Crippen LogP contribution in [-0.4, -0.2) is 11.7 Å². The van der Waals surface area contributed by atoms with Crippen LogP contribution in [0.2, 0.25) is 5.02 Å². The van der Waals surface area contributed by atoms with E-state index in [1.54, 1.807) is 12.1 Å². The lowest BCUT2D eigenvalue weighted by atomic mass is 10.0. The summed E-state index contributed by atoms with van der Waals surface area (Å²) in [6.07, 6.45) is 3.78. The Kier molecular flexibility index (Phi) is 5.31. The smallest absolute Gasteiger partial charge is 0.220 e. The first kappa shape index (κ1) is 16.7. The summed E-state index contributed by atoms with van der Waals surface area (Å²) in [5.74, 6) is -0.0780. The second-order valence-corrected chi connectivity index (χ2v) is 6.60. The maximum absolute atomic E-state index is 12.3. The summed E-state index contributed by atoms with van der Waals surface area (Å²) in [5.41, 5.74) is 4.35. The van der Waals surface area contributed by atoms with Crippen molar-refractivity contribution in [1.29, 1.82) is 0 Å². The summed E-state index contributed by atoms with van der Waals surface area (Å²) >= 11 is 5.83. The second-order valence-electron chi connectivity index (χ2n) is 6.16. The Bertz CT molecular complexity index is 753. The zero-order chi connectivity index (χ0) is 16.9. The molecule has 24 heavy (non-hydrogen) atoms. The molecular formula is C20H20ClNO2. The first-order chi connectivity index (χ1) is 11.6. The number of fused-ring (bicyclic) bond motifs is 1. The normalized spacial score (nSPS) is 12.7. The van der Waals surface area contributed by atoms with Gasteiger partial charge in [-0.2, -0.15) is 0 Å². The molecule has 0 unspecified atom stereocenters. The standard InChI is InChI=1S/C20H20ClNO2/c21-18-8-4-14(5-9-18)13-22-20(24)11-10-19(23)17-7-6-15-2-1-3-16(15)12-17/h4-9,12H,1-3,10-11,13H2,(H,22,24). The van der Waals surface area contributed by atoms with E-state index in [2.05, 4.69) is 11.4 Å². The molecule has 0 atom stereocenters. The van der Waals surface area contributed by atoms with Gasteiger partial charge in [0.15, 0.2) is 5.78 Å². The highest BCUT2D eigenvalue weighted by atomic mass is 35.5. The molecule has 3 nitrogen and oxygen atoms in total. The van der Waals surface area contributed by atoms with Crippen molar-refractivity contribution in [2.24, 2.45) is 0 Å². The largest absolute Gasteiger partial charge is 0.352 e. The molecule has 2 aromatic rings. The molecule has 0 bridgehead atoms. The van der Waals surface area contributed by atoms with Gasteiger partial charge in [0.05, 0.1) is 0 Å². The molecule has 0 heterocycles. The van der Waals surface area contributed by atoms with E-state index >= 15 is 0 Å². The van der Waals surface area contributed by atoms with Crippen molar-refractivity contribution in [2.45, 2.75) is 38.6 Å². The van der Waals surface area contributed by atoms with E-state index in [1.165, 1.54) is 17.5 Å². The van der Waals surface area contributed by atoms with E-state index < -0.39 is 0 Å². The number of aryl methyl sites for hydroxylation is 2. The summed E-state index contributed by atoms with van der Waals surface area (Å²) in [6.45, 7) is 0.447. The Morgan fingerprint density at radius 2 is 1.71 bits per heavy atom. The van der Waals surface area contributed by atoms with Gasteiger partial charge in [0.2, 0.25) is 5.91 Å². The molecule has 2 aromatic carbocycles. The van der Waals surface area contributed by atoms with Crippen LogP contribution in [0.1, 0.15) is 46.3 Å². The number of nitrogens with one attached hydrogen (secondary N) is 1. The van der Waals surface area contributed by atoms with Crippen LogP contribution in [0.5, 0.6) is 0 Å². The molecular weight excluding hydrogens is 322 g/mol. The van der Waals surface area contributed by atoms with E-state index in [9.17, 15) is 9.59 Å². The number of hydrogen-bond acceptors (Lipinski definition) is 2. The number of ketones is 1. The minimum atomic E-state index is -0.112. The van der Waals surface area contributed by atoms with Crippen molar-refractivity contribution < 1.29 is 9.59 Å². The molecule has 0 aliphatic heterocycles. The zero-order valence-corrected chi connectivity index (χ0v) is 14.2. The molecule has 1 aliphatic carbocycles. The third-order valence-electron chi connectivity index (χ3n) is 4.40. The van der Waals surface area contributed by atoms with Gasteiger partial charge in [0, 0.05) is 30.0 Å². The molecule has 0 aromatic heterocycles. The van der Waals surface area contributed by atoms with E-state index in [1.807, 2.05) is 24.3 Å². The minimum absolute atomic E-state index is 0.0337. The first-order valence-electron chi connectivity index (χ1n) is 8.28. The fraction of sp³-hybridized carbons (Fsp3) is 0.300. The Morgan fingerprint density at radius 3 is 2.50 bits per heavy atom. The summed E-state index contributed by atoms with van der Waals surface area (Å²) < 4.78 is 0. The van der Waals surface area contributed by atoms with Gasteiger partial charge in [-0.3, -0.25) is 9.59 Å². The molecule has 1 N–H and O–H groups in total. The highest BCUT2D eigenvalue weighted by Crippen LogP contribution is 2.23. The van der Waals surface area contributed by atoms with Crippen LogP contribution in [-0.2, 0) is 24.2 Å². The number of carbonyl (C=O) groups is 2. The number of Topliss-reactive ketones (excluding diaryl/α,β-unsaturated/α-hetero) is 1. The molecule has 0 radical (unpaired) electrons. The Balaban J connectivity index is 1.47. The first-order valence-corrected chi connectivity index (χ1v) is 8.66. The summed E-state index contributed by atoms with van der Waals surface area (Å²) in [4.78, 5) is 24.2. The average Bonchev–Trinajstić information content (AvgIpc) is 3.06. The van der Waals surface area contributed by atoms with Crippen LogP contribution in [0.25, 0.3) is 0 Å². The van der Waals surface area contributed by atoms with Gasteiger partial charge >= 0.3 is 0 Å². The number of amides is 1. The van der Waals surface area contributed by atoms with E-state index in [-0.39, 0.29) is 24.5 Å². The Morgan fingerprint density at radius 1 is 0.958 bits per heavy atom. The summed E-state index contributed by atoms with van der Waals surface area (Å²) in [6, 6.07) is 13.3. The molecule has 4 heteroatoms. The highest BCUT2D eigenvalue weighted by Gasteiger charge is 2.14. The van der Waals surface area contributed by atoms with Crippen LogP contribution in [0.4, 0.5) is 0 Å². The Hall–Kier alpha value is -2.13.